The smallest absolute Gasteiger partial charge is 0.228 e. The van der Waals surface area contributed by atoms with Gasteiger partial charge in [-0.1, -0.05) is 12.1 Å². The molecule has 2 aliphatic rings. The molecular formula is C22H24N2O4S. The average Bonchev–Trinajstić information content (AvgIpc) is 3.15. The first kappa shape index (κ1) is 19.6. The van der Waals surface area contributed by atoms with Gasteiger partial charge in [-0.15, -0.1) is 11.8 Å². The molecule has 7 heteroatoms. The summed E-state index contributed by atoms with van der Waals surface area (Å²) in [7, 11) is 1.79. The number of anilines is 1. The third-order valence-corrected chi connectivity index (χ3v) is 6.01. The summed E-state index contributed by atoms with van der Waals surface area (Å²) in [4.78, 5) is 30.1. The highest BCUT2D eigenvalue weighted by Gasteiger charge is 2.36. The van der Waals surface area contributed by atoms with Crippen molar-refractivity contribution in [1.82, 2.24) is 4.90 Å². The van der Waals surface area contributed by atoms with Crippen molar-refractivity contribution < 1.29 is 19.1 Å². The average molecular weight is 413 g/mol. The highest BCUT2D eigenvalue weighted by Crippen LogP contribution is 2.36. The zero-order valence-electron chi connectivity index (χ0n) is 16.6. The van der Waals surface area contributed by atoms with E-state index in [0.717, 1.165) is 11.3 Å². The van der Waals surface area contributed by atoms with Gasteiger partial charge in [-0.05, 0) is 36.1 Å². The summed E-state index contributed by atoms with van der Waals surface area (Å²) < 4.78 is 11.2. The van der Waals surface area contributed by atoms with E-state index in [-0.39, 0.29) is 24.2 Å². The molecule has 2 aromatic rings. The van der Waals surface area contributed by atoms with E-state index < -0.39 is 0 Å². The molecule has 0 aliphatic carbocycles. The predicted octanol–water partition coefficient (Wildman–Crippen LogP) is 3.19. The van der Waals surface area contributed by atoms with Crippen LogP contribution in [0.3, 0.4) is 0 Å². The largest absolute Gasteiger partial charge is 0.486 e. The molecule has 2 aromatic carbocycles. The summed E-state index contributed by atoms with van der Waals surface area (Å²) in [5, 5.41) is 0. The van der Waals surface area contributed by atoms with E-state index in [4.69, 9.17) is 9.47 Å². The van der Waals surface area contributed by atoms with Crippen LogP contribution in [0.15, 0.2) is 47.4 Å². The Morgan fingerprint density at radius 1 is 1.14 bits per heavy atom. The highest BCUT2D eigenvalue weighted by molar-refractivity contribution is 7.98. The van der Waals surface area contributed by atoms with Crippen LogP contribution in [0.4, 0.5) is 5.69 Å². The number of hydrogen-bond acceptors (Lipinski definition) is 5. The van der Waals surface area contributed by atoms with Gasteiger partial charge in [-0.3, -0.25) is 9.59 Å². The number of nitrogens with zero attached hydrogens (tertiary/aromatic N) is 2. The molecule has 0 N–H and O–H groups in total. The van der Waals surface area contributed by atoms with Crippen molar-refractivity contribution in [3.05, 3.63) is 48.0 Å². The number of fused-ring (bicyclic) bond motifs is 1. The van der Waals surface area contributed by atoms with E-state index in [0.29, 0.717) is 37.8 Å². The van der Waals surface area contributed by atoms with Crippen LogP contribution in [-0.4, -0.2) is 49.8 Å². The van der Waals surface area contributed by atoms with E-state index in [1.165, 1.54) is 4.90 Å². The van der Waals surface area contributed by atoms with Crippen LogP contribution in [0.25, 0.3) is 0 Å². The molecule has 4 rings (SSSR count). The minimum absolute atomic E-state index is 0.00710. The molecule has 0 aromatic heterocycles. The second-order valence-electron chi connectivity index (χ2n) is 7.28. The molecule has 0 radical (unpaired) electrons. The molecule has 1 atom stereocenters. The second kappa shape index (κ2) is 8.37. The lowest BCUT2D eigenvalue weighted by atomic mass is 10.1. The van der Waals surface area contributed by atoms with Crippen molar-refractivity contribution in [2.24, 2.45) is 5.92 Å². The van der Waals surface area contributed by atoms with E-state index in [9.17, 15) is 9.59 Å². The molecule has 29 heavy (non-hydrogen) atoms. The monoisotopic (exact) mass is 412 g/mol. The number of carbonyl (C=O) groups excluding carboxylic acids is 2. The summed E-state index contributed by atoms with van der Waals surface area (Å²) >= 11 is 1.69. The van der Waals surface area contributed by atoms with Gasteiger partial charge in [0.2, 0.25) is 11.8 Å². The lowest BCUT2D eigenvalue weighted by Gasteiger charge is -2.23. The van der Waals surface area contributed by atoms with Gasteiger partial charge >= 0.3 is 0 Å². The Balaban J connectivity index is 1.42. The summed E-state index contributed by atoms with van der Waals surface area (Å²) in [5.74, 6) is 0.935. The Kier molecular flexibility index (Phi) is 5.67. The fourth-order valence-corrected chi connectivity index (χ4v) is 4.13. The molecule has 2 aliphatic heterocycles. The standard InChI is InChI=1S/C22H24N2O4S/c1-23(13-15-3-6-18(29-2)7-4-15)22(26)16-11-21(25)24(14-16)17-5-8-19-20(12-17)28-10-9-27-19/h3-8,12,16H,9-11,13-14H2,1-2H3. The van der Waals surface area contributed by atoms with Gasteiger partial charge in [-0.25, -0.2) is 0 Å². The minimum Gasteiger partial charge on any atom is -0.486 e. The summed E-state index contributed by atoms with van der Waals surface area (Å²) in [5.41, 5.74) is 1.82. The highest BCUT2D eigenvalue weighted by atomic mass is 32.2. The number of thioether (sulfide) groups is 1. The summed E-state index contributed by atoms with van der Waals surface area (Å²) in [6.45, 7) is 1.93. The first-order valence-corrected chi connectivity index (χ1v) is 10.9. The van der Waals surface area contributed by atoms with Crippen molar-refractivity contribution in [2.45, 2.75) is 17.9 Å². The number of hydrogen-bond donors (Lipinski definition) is 0. The fraction of sp³-hybridized carbons (Fsp3) is 0.364. The van der Waals surface area contributed by atoms with Crippen molar-refractivity contribution in [2.75, 3.05) is 38.0 Å². The first-order chi connectivity index (χ1) is 14.0. The predicted molar refractivity (Wildman–Crippen MR) is 113 cm³/mol. The Bertz CT molecular complexity index is 916. The molecule has 6 nitrogen and oxygen atoms in total. The van der Waals surface area contributed by atoms with Gasteiger partial charge in [0.1, 0.15) is 13.2 Å². The zero-order valence-corrected chi connectivity index (χ0v) is 17.4. The van der Waals surface area contributed by atoms with Crippen molar-refractivity contribution in [3.63, 3.8) is 0 Å². The topological polar surface area (TPSA) is 59.1 Å². The Labute approximate surface area is 174 Å². The van der Waals surface area contributed by atoms with Crippen molar-refractivity contribution in [1.29, 1.82) is 0 Å². The normalized spacial score (nSPS) is 18.1. The van der Waals surface area contributed by atoms with Crippen LogP contribution in [0, 0.1) is 5.92 Å². The number of rotatable bonds is 5. The maximum Gasteiger partial charge on any atom is 0.228 e. The van der Waals surface area contributed by atoms with Gasteiger partial charge in [-0.2, -0.15) is 0 Å². The van der Waals surface area contributed by atoms with Crippen LogP contribution in [0.5, 0.6) is 11.5 Å². The Morgan fingerprint density at radius 2 is 1.86 bits per heavy atom. The summed E-state index contributed by atoms with van der Waals surface area (Å²) in [6.07, 6.45) is 2.26. The number of carbonyl (C=O) groups is 2. The lowest BCUT2D eigenvalue weighted by molar-refractivity contribution is -0.135. The number of ether oxygens (including phenoxy) is 2. The SMILES string of the molecule is CSc1ccc(CN(C)C(=O)C2CC(=O)N(c3ccc4c(c3)OCCO4)C2)cc1. The summed E-state index contributed by atoms with van der Waals surface area (Å²) in [6, 6.07) is 13.7. The maximum atomic E-state index is 12.9. The molecule has 0 bridgehead atoms. The van der Waals surface area contributed by atoms with Gasteiger partial charge in [0.25, 0.3) is 0 Å². The van der Waals surface area contributed by atoms with E-state index in [2.05, 4.69) is 12.1 Å². The molecule has 2 heterocycles. The molecule has 0 spiro atoms. The molecule has 2 amide bonds. The molecule has 1 unspecified atom stereocenters. The lowest BCUT2D eigenvalue weighted by Crippen LogP contribution is -2.34. The third-order valence-electron chi connectivity index (χ3n) is 5.27. The Hall–Kier alpha value is -2.67. The second-order valence-corrected chi connectivity index (χ2v) is 8.16. The van der Waals surface area contributed by atoms with Crippen molar-refractivity contribution in [3.8, 4) is 11.5 Å². The quantitative estimate of drug-likeness (QED) is 0.706. The maximum absolute atomic E-state index is 12.9. The van der Waals surface area contributed by atoms with E-state index >= 15 is 0 Å². The molecule has 0 saturated carbocycles. The van der Waals surface area contributed by atoms with Crippen LogP contribution in [0.1, 0.15) is 12.0 Å². The minimum atomic E-state index is -0.342. The number of benzene rings is 2. The number of amides is 2. The zero-order chi connectivity index (χ0) is 20.4. The molecule has 152 valence electrons. The van der Waals surface area contributed by atoms with E-state index in [1.807, 2.05) is 36.6 Å². The Morgan fingerprint density at radius 3 is 2.59 bits per heavy atom. The molecular weight excluding hydrogens is 388 g/mol. The van der Waals surface area contributed by atoms with Crippen molar-refractivity contribution >= 4 is 29.3 Å². The van der Waals surface area contributed by atoms with Gasteiger partial charge in [0, 0.05) is 43.2 Å². The van der Waals surface area contributed by atoms with Crippen LogP contribution in [0.2, 0.25) is 0 Å². The first-order valence-electron chi connectivity index (χ1n) is 9.63. The van der Waals surface area contributed by atoms with Gasteiger partial charge in [0.15, 0.2) is 11.5 Å². The van der Waals surface area contributed by atoms with Crippen LogP contribution in [-0.2, 0) is 16.1 Å². The third kappa shape index (κ3) is 4.19. The van der Waals surface area contributed by atoms with E-state index in [1.54, 1.807) is 28.6 Å². The van der Waals surface area contributed by atoms with Gasteiger partial charge < -0.3 is 19.3 Å². The van der Waals surface area contributed by atoms with Crippen LogP contribution >= 0.6 is 11.8 Å². The fourth-order valence-electron chi connectivity index (χ4n) is 3.72. The molecule has 1 saturated heterocycles. The van der Waals surface area contributed by atoms with Crippen LogP contribution < -0.4 is 14.4 Å². The molecule has 1 fully saturated rings. The van der Waals surface area contributed by atoms with Gasteiger partial charge in [0.05, 0.1) is 5.92 Å².